The number of carbonyl (C=O) groups is 4. The first-order valence-corrected chi connectivity index (χ1v) is 7.74. The fourth-order valence-electron chi connectivity index (χ4n) is 1.92. The maximum absolute atomic E-state index is 11.8. The Kier molecular flexibility index (Phi) is 5.94. The number of hydrogen-bond acceptors (Lipinski definition) is 5. The highest BCUT2D eigenvalue weighted by Gasteiger charge is 2.38. The van der Waals surface area contributed by atoms with E-state index in [0.29, 0.717) is 0 Å². The normalized spacial score (nSPS) is 21.6. The predicted molar refractivity (Wildman–Crippen MR) is 75.8 cm³/mol. The molecule has 0 N–H and O–H groups in total. The smallest absolute Gasteiger partial charge is 0.253 e. The van der Waals surface area contributed by atoms with E-state index in [0.717, 1.165) is 9.80 Å². The van der Waals surface area contributed by atoms with E-state index in [9.17, 15) is 19.2 Å². The van der Waals surface area contributed by atoms with Crippen LogP contribution in [0.3, 0.4) is 0 Å². The van der Waals surface area contributed by atoms with Crippen molar-refractivity contribution in [1.82, 2.24) is 9.80 Å². The van der Waals surface area contributed by atoms with Crippen LogP contribution in [0.2, 0.25) is 0 Å². The van der Waals surface area contributed by atoms with Crippen molar-refractivity contribution in [2.24, 2.45) is 0 Å². The minimum atomic E-state index is -0.402. The van der Waals surface area contributed by atoms with Crippen LogP contribution in [-0.2, 0) is 19.2 Å². The summed E-state index contributed by atoms with van der Waals surface area (Å²) in [4.78, 5) is 48.1. The van der Waals surface area contributed by atoms with Crippen LogP contribution in [0, 0.1) is 0 Å². The Morgan fingerprint density at radius 3 is 2.00 bits per heavy atom. The Morgan fingerprint density at radius 2 is 1.55 bits per heavy atom. The lowest BCUT2D eigenvalue weighted by molar-refractivity contribution is -0.142. The Labute approximate surface area is 122 Å². The summed E-state index contributed by atoms with van der Waals surface area (Å²) in [6.07, 6.45) is 4.33. The zero-order valence-corrected chi connectivity index (χ0v) is 12.6. The SMILES string of the molecule is CC.CSC1CC(=O)N(CCN2C(=O)C=CC2=O)C1=O. The number of likely N-dealkylation sites (tertiary alicyclic amines) is 1. The van der Waals surface area contributed by atoms with Crippen LogP contribution < -0.4 is 0 Å². The van der Waals surface area contributed by atoms with Gasteiger partial charge in [-0.25, -0.2) is 0 Å². The molecule has 6 nitrogen and oxygen atoms in total. The number of imide groups is 2. The first-order chi connectivity index (χ1) is 9.54. The molecular weight excluding hydrogens is 280 g/mol. The average Bonchev–Trinajstić information content (AvgIpc) is 2.91. The standard InChI is InChI=1S/C11H12N2O4S.C2H6/c1-18-7-6-10(16)13(11(7)17)5-4-12-8(14)2-3-9(12)15;1-2/h2-3,7H,4-6H2,1H3;1-2H3. The van der Waals surface area contributed by atoms with Crippen LogP contribution >= 0.6 is 11.8 Å². The van der Waals surface area contributed by atoms with Crippen LogP contribution in [0.25, 0.3) is 0 Å². The lowest BCUT2D eigenvalue weighted by Crippen LogP contribution is -2.41. The van der Waals surface area contributed by atoms with Crippen LogP contribution in [0.15, 0.2) is 12.2 Å². The third-order valence-corrected chi connectivity index (χ3v) is 3.87. The highest BCUT2D eigenvalue weighted by Crippen LogP contribution is 2.22. The average molecular weight is 298 g/mol. The summed E-state index contributed by atoms with van der Waals surface area (Å²) in [7, 11) is 0. The summed E-state index contributed by atoms with van der Waals surface area (Å²) < 4.78 is 0. The summed E-state index contributed by atoms with van der Waals surface area (Å²) in [5, 5.41) is -0.333. The van der Waals surface area contributed by atoms with Gasteiger partial charge in [0.15, 0.2) is 0 Å². The molecule has 1 fully saturated rings. The summed E-state index contributed by atoms with van der Waals surface area (Å²) in [6, 6.07) is 0. The number of rotatable bonds is 4. The molecule has 0 bridgehead atoms. The molecule has 0 aromatic carbocycles. The third kappa shape index (κ3) is 3.27. The fraction of sp³-hybridized carbons (Fsp3) is 0.538. The Hall–Kier alpha value is -1.63. The molecule has 2 rings (SSSR count). The van der Waals surface area contributed by atoms with Crippen molar-refractivity contribution in [2.75, 3.05) is 19.3 Å². The highest BCUT2D eigenvalue weighted by molar-refractivity contribution is 8.00. The van der Waals surface area contributed by atoms with Crippen LogP contribution in [-0.4, -0.2) is 58.0 Å². The zero-order valence-electron chi connectivity index (χ0n) is 11.8. The molecule has 0 aliphatic carbocycles. The largest absolute Gasteiger partial charge is 0.280 e. The van der Waals surface area contributed by atoms with Crippen LogP contribution in [0.1, 0.15) is 20.3 Å². The highest BCUT2D eigenvalue weighted by atomic mass is 32.2. The van der Waals surface area contributed by atoms with Crippen molar-refractivity contribution in [2.45, 2.75) is 25.5 Å². The summed E-state index contributed by atoms with van der Waals surface area (Å²) in [5.41, 5.74) is 0. The van der Waals surface area contributed by atoms with Crippen molar-refractivity contribution in [1.29, 1.82) is 0 Å². The van der Waals surface area contributed by atoms with E-state index in [-0.39, 0.29) is 36.6 Å². The molecular formula is C13H18N2O4S. The topological polar surface area (TPSA) is 74.8 Å². The number of thioether (sulfide) groups is 1. The van der Waals surface area contributed by atoms with Crippen molar-refractivity contribution in [3.05, 3.63) is 12.2 Å². The molecule has 2 aliphatic rings. The van der Waals surface area contributed by atoms with Gasteiger partial charge in [-0.15, -0.1) is 0 Å². The number of amides is 4. The minimum absolute atomic E-state index is 0.0588. The molecule has 2 heterocycles. The second-order valence-corrected chi connectivity index (χ2v) is 5.01. The number of hydrogen-bond donors (Lipinski definition) is 0. The van der Waals surface area contributed by atoms with Crippen molar-refractivity contribution < 1.29 is 19.2 Å². The Morgan fingerprint density at radius 1 is 1.05 bits per heavy atom. The zero-order chi connectivity index (χ0) is 15.3. The molecule has 1 atom stereocenters. The first-order valence-electron chi connectivity index (χ1n) is 6.45. The van der Waals surface area contributed by atoms with E-state index in [2.05, 4.69) is 0 Å². The monoisotopic (exact) mass is 298 g/mol. The molecule has 0 radical (unpaired) electrons. The van der Waals surface area contributed by atoms with E-state index in [4.69, 9.17) is 0 Å². The summed E-state index contributed by atoms with van der Waals surface area (Å²) in [5.74, 6) is -1.29. The Balaban J connectivity index is 0.000000956. The molecule has 1 saturated heterocycles. The van der Waals surface area contributed by atoms with Gasteiger partial charge in [0.1, 0.15) is 0 Å². The minimum Gasteiger partial charge on any atom is -0.280 e. The van der Waals surface area contributed by atoms with Gasteiger partial charge < -0.3 is 0 Å². The summed E-state index contributed by atoms with van der Waals surface area (Å²) >= 11 is 1.34. The molecule has 0 spiro atoms. The van der Waals surface area contributed by atoms with Crippen LogP contribution in [0.5, 0.6) is 0 Å². The third-order valence-electron chi connectivity index (χ3n) is 2.93. The molecule has 7 heteroatoms. The van der Waals surface area contributed by atoms with E-state index < -0.39 is 11.8 Å². The molecule has 1 unspecified atom stereocenters. The van der Waals surface area contributed by atoms with Gasteiger partial charge in [-0.3, -0.25) is 29.0 Å². The molecule has 0 aromatic heterocycles. The second kappa shape index (κ2) is 7.23. The lowest BCUT2D eigenvalue weighted by atomic mass is 10.4. The maximum Gasteiger partial charge on any atom is 0.253 e. The van der Waals surface area contributed by atoms with Gasteiger partial charge in [0.25, 0.3) is 11.8 Å². The van der Waals surface area contributed by atoms with Gasteiger partial charge in [0, 0.05) is 31.7 Å². The van der Waals surface area contributed by atoms with Crippen LogP contribution in [0.4, 0.5) is 0 Å². The van der Waals surface area contributed by atoms with Gasteiger partial charge >= 0.3 is 0 Å². The van der Waals surface area contributed by atoms with Crippen molar-refractivity contribution >= 4 is 35.4 Å². The van der Waals surface area contributed by atoms with E-state index in [1.807, 2.05) is 13.8 Å². The van der Waals surface area contributed by atoms with E-state index >= 15 is 0 Å². The molecule has 0 saturated carbocycles. The second-order valence-electron chi connectivity index (χ2n) is 3.97. The van der Waals surface area contributed by atoms with E-state index in [1.54, 1.807) is 6.26 Å². The Bertz CT molecular complexity index is 443. The molecule has 0 aromatic rings. The van der Waals surface area contributed by atoms with E-state index in [1.165, 1.54) is 23.9 Å². The fourth-order valence-corrected chi connectivity index (χ4v) is 2.56. The first kappa shape index (κ1) is 16.4. The van der Waals surface area contributed by atoms with Gasteiger partial charge in [-0.05, 0) is 6.26 Å². The predicted octanol–water partition coefficient (Wildman–Crippen LogP) is 0.428. The quantitative estimate of drug-likeness (QED) is 0.704. The maximum atomic E-state index is 11.8. The molecule has 2 aliphatic heterocycles. The molecule has 20 heavy (non-hydrogen) atoms. The lowest BCUT2D eigenvalue weighted by Gasteiger charge is -2.19. The van der Waals surface area contributed by atoms with Crippen molar-refractivity contribution in [3.8, 4) is 0 Å². The van der Waals surface area contributed by atoms with Gasteiger partial charge in [0.05, 0.1) is 5.25 Å². The van der Waals surface area contributed by atoms with Gasteiger partial charge in [-0.2, -0.15) is 11.8 Å². The van der Waals surface area contributed by atoms with Crippen molar-refractivity contribution in [3.63, 3.8) is 0 Å². The summed E-state index contributed by atoms with van der Waals surface area (Å²) in [6.45, 7) is 4.14. The molecule has 110 valence electrons. The van der Waals surface area contributed by atoms with Gasteiger partial charge in [-0.1, -0.05) is 13.8 Å². The number of nitrogens with zero attached hydrogens (tertiary/aromatic N) is 2. The number of carbonyl (C=O) groups excluding carboxylic acids is 4. The van der Waals surface area contributed by atoms with Gasteiger partial charge in [0.2, 0.25) is 11.8 Å². The molecule has 4 amide bonds.